The molecule has 9 nitrogen and oxygen atoms in total. The Labute approximate surface area is 225 Å². The lowest BCUT2D eigenvalue weighted by atomic mass is 10.1. The molecule has 0 saturated heterocycles. The summed E-state index contributed by atoms with van der Waals surface area (Å²) in [5.41, 5.74) is 6.01. The molecule has 212 valence electrons. The number of halogens is 5. The maximum atomic E-state index is 15.4. The maximum absolute atomic E-state index is 15.4. The first kappa shape index (κ1) is 28.7. The molecule has 0 spiro atoms. The Hall–Kier alpha value is -4.30. The number of likely N-dealkylation sites (N-methyl/N-ethyl adjacent to an activating group) is 1. The molecule has 4 N–H and O–H groups in total. The molecular weight excluding hydrogens is 537 g/mol. The van der Waals surface area contributed by atoms with Gasteiger partial charge in [-0.3, -0.25) is 4.90 Å². The van der Waals surface area contributed by atoms with E-state index in [0.29, 0.717) is 49.0 Å². The maximum Gasteiger partial charge on any atom is 0.416 e. The number of carbonyl (C=O) groups is 1. The molecule has 4 rings (SSSR count). The predicted molar refractivity (Wildman–Crippen MR) is 140 cm³/mol. The summed E-state index contributed by atoms with van der Waals surface area (Å²) in [5, 5.41) is 8.59. The highest BCUT2D eigenvalue weighted by molar-refractivity contribution is 6.00. The van der Waals surface area contributed by atoms with E-state index in [1.54, 1.807) is 17.7 Å². The number of methoxy groups -OCH3 is 1. The number of nitrogens with one attached hydrogen (secondary N) is 2. The lowest BCUT2D eigenvalue weighted by Crippen LogP contribution is -2.27. The number of fused-ring (bicyclic) bond motifs is 1. The highest BCUT2D eigenvalue weighted by Crippen LogP contribution is 2.34. The van der Waals surface area contributed by atoms with E-state index in [9.17, 15) is 22.4 Å². The molecule has 2 aromatic heterocycles. The second kappa shape index (κ2) is 11.8. The number of ether oxygens (including phenoxy) is 1. The number of nitrogens with two attached hydrogens (primary N) is 1. The third-order valence-electron chi connectivity index (χ3n) is 6.16. The third-order valence-corrected chi connectivity index (χ3v) is 6.16. The normalized spacial score (nSPS) is 11.8. The van der Waals surface area contributed by atoms with Crippen LogP contribution in [0, 0.1) is 11.6 Å². The van der Waals surface area contributed by atoms with Crippen LogP contribution in [0.4, 0.5) is 43.9 Å². The SMILES string of the molecule is CCN(CCOC)Cc1cc(-c2ccc(NC(=O)Nc3cc(C(F)(F)F)ccc3F)cc2F)c2c(N)ncnn12. The van der Waals surface area contributed by atoms with E-state index in [2.05, 4.69) is 20.3 Å². The number of urea groups is 1. The van der Waals surface area contributed by atoms with Crippen molar-refractivity contribution < 1.29 is 31.5 Å². The zero-order chi connectivity index (χ0) is 29.0. The molecule has 0 atom stereocenters. The van der Waals surface area contributed by atoms with Crippen LogP contribution in [0.15, 0.2) is 48.8 Å². The van der Waals surface area contributed by atoms with Gasteiger partial charge in [0.2, 0.25) is 0 Å². The van der Waals surface area contributed by atoms with Gasteiger partial charge in [0, 0.05) is 37.0 Å². The molecule has 0 aliphatic rings. The van der Waals surface area contributed by atoms with Gasteiger partial charge in [0.25, 0.3) is 0 Å². The predicted octanol–water partition coefficient (Wildman–Crippen LogP) is 5.39. The van der Waals surface area contributed by atoms with Crippen LogP contribution >= 0.6 is 0 Å². The summed E-state index contributed by atoms with van der Waals surface area (Å²) in [5.74, 6) is -1.65. The van der Waals surface area contributed by atoms with Crippen LogP contribution in [0.1, 0.15) is 18.2 Å². The molecule has 40 heavy (non-hydrogen) atoms. The number of nitrogen functional groups attached to an aromatic ring is 1. The number of benzene rings is 2. The molecule has 2 heterocycles. The fourth-order valence-electron chi connectivity index (χ4n) is 4.14. The number of anilines is 3. The average molecular weight is 564 g/mol. The first-order valence-electron chi connectivity index (χ1n) is 12.1. The minimum atomic E-state index is -4.73. The Morgan fingerprint density at radius 2 is 1.85 bits per heavy atom. The van der Waals surface area contributed by atoms with Gasteiger partial charge in [0.05, 0.1) is 23.6 Å². The molecule has 14 heteroatoms. The quantitative estimate of drug-likeness (QED) is 0.236. The van der Waals surface area contributed by atoms with Crippen molar-refractivity contribution in [3.05, 3.63) is 71.7 Å². The van der Waals surface area contributed by atoms with Gasteiger partial charge in [0.1, 0.15) is 23.5 Å². The standard InChI is InChI=1S/C26H26F5N7O2/c1-3-37(8-9-40-2)13-17-12-19(23-24(32)33-14-34-38(17)23)18-6-5-16(11-21(18)28)35-25(39)36-22-10-15(26(29,30)31)4-7-20(22)27/h4-7,10-12,14H,3,8-9,13H2,1-2H3,(H2,32,33,34)(H2,35,36,39). The fourth-order valence-corrected chi connectivity index (χ4v) is 4.14. The van der Waals surface area contributed by atoms with Crippen molar-refractivity contribution in [3.63, 3.8) is 0 Å². The highest BCUT2D eigenvalue weighted by atomic mass is 19.4. The lowest BCUT2D eigenvalue weighted by molar-refractivity contribution is -0.137. The molecule has 0 fully saturated rings. The van der Waals surface area contributed by atoms with Gasteiger partial charge >= 0.3 is 12.2 Å². The smallest absolute Gasteiger partial charge is 0.383 e. The number of hydrogen-bond acceptors (Lipinski definition) is 6. The van der Waals surface area contributed by atoms with Crippen LogP contribution in [0.5, 0.6) is 0 Å². The number of hydrogen-bond donors (Lipinski definition) is 3. The first-order valence-corrected chi connectivity index (χ1v) is 12.1. The van der Waals surface area contributed by atoms with Crippen LogP contribution in [0.3, 0.4) is 0 Å². The lowest BCUT2D eigenvalue weighted by Gasteiger charge is -2.19. The number of alkyl halides is 3. The Bertz CT molecular complexity index is 1520. The molecule has 0 unspecified atom stereocenters. The third kappa shape index (κ3) is 6.29. The summed E-state index contributed by atoms with van der Waals surface area (Å²) in [6, 6.07) is 6.13. The van der Waals surface area contributed by atoms with Gasteiger partial charge < -0.3 is 21.1 Å². The number of aromatic nitrogens is 3. The van der Waals surface area contributed by atoms with Gasteiger partial charge in [-0.2, -0.15) is 18.3 Å². The summed E-state index contributed by atoms with van der Waals surface area (Å²) in [6.07, 6.45) is -3.42. The van der Waals surface area contributed by atoms with E-state index in [1.165, 1.54) is 18.5 Å². The Balaban J connectivity index is 1.59. The summed E-state index contributed by atoms with van der Waals surface area (Å²) in [7, 11) is 1.61. The van der Waals surface area contributed by atoms with Gasteiger partial charge in [0.15, 0.2) is 5.82 Å². The zero-order valence-electron chi connectivity index (χ0n) is 21.5. The monoisotopic (exact) mass is 563 g/mol. The van der Waals surface area contributed by atoms with Crippen molar-refractivity contribution >= 4 is 28.7 Å². The minimum Gasteiger partial charge on any atom is -0.383 e. The molecule has 4 aromatic rings. The average Bonchev–Trinajstić information content (AvgIpc) is 3.26. The van der Waals surface area contributed by atoms with Crippen molar-refractivity contribution in [3.8, 4) is 11.1 Å². The second-order valence-corrected chi connectivity index (χ2v) is 8.78. The highest BCUT2D eigenvalue weighted by Gasteiger charge is 2.31. The van der Waals surface area contributed by atoms with Crippen LogP contribution in [0.2, 0.25) is 0 Å². The molecule has 0 saturated carbocycles. The van der Waals surface area contributed by atoms with E-state index in [-0.39, 0.29) is 17.1 Å². The van der Waals surface area contributed by atoms with Crippen molar-refractivity contribution in [2.45, 2.75) is 19.6 Å². The topological polar surface area (TPSA) is 110 Å². The van der Waals surface area contributed by atoms with Gasteiger partial charge in [-0.05, 0) is 49.0 Å². The number of rotatable bonds is 9. The van der Waals surface area contributed by atoms with Crippen LogP contribution in [-0.2, 0) is 17.5 Å². The molecule has 0 radical (unpaired) electrons. The molecule has 0 bridgehead atoms. The van der Waals surface area contributed by atoms with Crippen LogP contribution in [0.25, 0.3) is 16.6 Å². The van der Waals surface area contributed by atoms with Crippen molar-refractivity contribution in [1.29, 1.82) is 0 Å². The largest absolute Gasteiger partial charge is 0.416 e. The Morgan fingerprint density at radius 3 is 2.52 bits per heavy atom. The van der Waals surface area contributed by atoms with Crippen molar-refractivity contribution in [2.75, 3.05) is 43.2 Å². The fraction of sp³-hybridized carbons (Fsp3) is 0.269. The van der Waals surface area contributed by atoms with E-state index in [0.717, 1.165) is 18.3 Å². The second-order valence-electron chi connectivity index (χ2n) is 8.78. The number of carbonyl (C=O) groups excluding carboxylic acids is 1. The van der Waals surface area contributed by atoms with Crippen molar-refractivity contribution in [2.24, 2.45) is 0 Å². The first-order chi connectivity index (χ1) is 19.0. The van der Waals surface area contributed by atoms with Crippen LogP contribution < -0.4 is 16.4 Å². The molecular formula is C26H26F5N7O2. The number of amides is 2. The minimum absolute atomic E-state index is 0.0178. The molecule has 0 aliphatic heterocycles. The molecule has 2 amide bonds. The summed E-state index contributed by atoms with van der Waals surface area (Å²) < 4.78 is 74.9. The zero-order valence-corrected chi connectivity index (χ0v) is 21.5. The van der Waals surface area contributed by atoms with Gasteiger partial charge in [-0.1, -0.05) is 6.92 Å². The van der Waals surface area contributed by atoms with E-state index < -0.39 is 35.1 Å². The Kier molecular flexibility index (Phi) is 8.49. The molecule has 2 aromatic carbocycles. The summed E-state index contributed by atoms with van der Waals surface area (Å²) in [6.45, 7) is 4.40. The van der Waals surface area contributed by atoms with E-state index in [4.69, 9.17) is 10.5 Å². The van der Waals surface area contributed by atoms with Crippen LogP contribution in [-0.4, -0.2) is 52.3 Å². The van der Waals surface area contributed by atoms with Crippen molar-refractivity contribution in [1.82, 2.24) is 19.5 Å². The van der Waals surface area contributed by atoms with E-state index in [1.807, 2.05) is 12.2 Å². The molecule has 0 aliphatic carbocycles. The summed E-state index contributed by atoms with van der Waals surface area (Å²) in [4.78, 5) is 18.5. The van der Waals surface area contributed by atoms with Gasteiger partial charge in [-0.15, -0.1) is 0 Å². The summed E-state index contributed by atoms with van der Waals surface area (Å²) >= 11 is 0. The number of nitrogens with zero attached hydrogens (tertiary/aromatic N) is 4. The Morgan fingerprint density at radius 1 is 1.07 bits per heavy atom. The van der Waals surface area contributed by atoms with E-state index >= 15 is 4.39 Å². The van der Waals surface area contributed by atoms with Gasteiger partial charge in [-0.25, -0.2) is 23.1 Å².